The first-order valence-corrected chi connectivity index (χ1v) is 8.17. The van der Waals surface area contributed by atoms with Crippen molar-refractivity contribution in [1.29, 1.82) is 0 Å². The highest BCUT2D eigenvalue weighted by atomic mass is 16.6. The summed E-state index contributed by atoms with van der Waals surface area (Å²) < 4.78 is 10.5. The normalized spacial score (nSPS) is 16.0. The van der Waals surface area contributed by atoms with Crippen LogP contribution in [-0.2, 0) is 0 Å². The summed E-state index contributed by atoms with van der Waals surface area (Å²) in [5.41, 5.74) is 1.53. The zero-order chi connectivity index (χ0) is 19.6. The molecule has 8 heteroatoms. The van der Waals surface area contributed by atoms with Crippen LogP contribution in [0.25, 0.3) is 6.08 Å². The molecule has 0 bridgehead atoms. The fourth-order valence-electron chi connectivity index (χ4n) is 2.91. The van der Waals surface area contributed by atoms with Crippen molar-refractivity contribution in [2.24, 2.45) is 0 Å². The number of anilines is 1. The van der Waals surface area contributed by atoms with E-state index in [0.29, 0.717) is 28.3 Å². The molecule has 8 nitrogen and oxygen atoms in total. The van der Waals surface area contributed by atoms with Crippen LogP contribution in [0.3, 0.4) is 0 Å². The number of hydrogen-bond donors (Lipinski definition) is 1. The Kier molecular flexibility index (Phi) is 4.98. The topological polar surface area (TPSA) is 93.9 Å². The number of para-hydroxylation sites is 1. The third-order valence-electron chi connectivity index (χ3n) is 4.39. The van der Waals surface area contributed by atoms with Crippen LogP contribution in [0.1, 0.15) is 15.9 Å². The molecule has 0 radical (unpaired) electrons. The van der Waals surface area contributed by atoms with E-state index < -0.39 is 11.1 Å². The Labute approximate surface area is 156 Å². The average Bonchev–Trinajstić information content (AvgIpc) is 2.68. The molecular formula is C19H19N3O5. The standard InChI is InChI=1S/C19H19N3O5/c1-21-18(9-8-12-6-4-5-7-15(12)22(24)25)20-14-11-17(27-3)16(26-2)10-13(14)19(21)23/h4-11,18,20H,1-3H3/b9-8+/t18-/m0/s1. The van der Waals surface area contributed by atoms with Crippen molar-refractivity contribution in [2.45, 2.75) is 6.17 Å². The number of nitrogens with zero attached hydrogens (tertiary/aromatic N) is 2. The number of methoxy groups -OCH3 is 2. The first-order chi connectivity index (χ1) is 13.0. The van der Waals surface area contributed by atoms with Crippen LogP contribution in [-0.4, -0.2) is 43.2 Å². The highest BCUT2D eigenvalue weighted by molar-refractivity contribution is 6.02. The second-order valence-corrected chi connectivity index (χ2v) is 5.93. The van der Waals surface area contributed by atoms with Crippen LogP contribution in [0.4, 0.5) is 11.4 Å². The SMILES string of the molecule is COc1cc2c(cc1OC)C(=O)N(C)[C@@H](/C=C/c1ccccc1[N+](=O)[O-])N2. The number of rotatable bonds is 5. The van der Waals surface area contributed by atoms with Gasteiger partial charge in [0.25, 0.3) is 11.6 Å². The number of amides is 1. The van der Waals surface area contributed by atoms with Gasteiger partial charge in [-0.2, -0.15) is 0 Å². The van der Waals surface area contributed by atoms with Gasteiger partial charge < -0.3 is 19.7 Å². The molecule has 0 saturated heterocycles. The highest BCUT2D eigenvalue weighted by Crippen LogP contribution is 2.36. The average molecular weight is 369 g/mol. The number of nitro groups is 1. The van der Waals surface area contributed by atoms with Crippen molar-refractivity contribution in [3.63, 3.8) is 0 Å². The van der Waals surface area contributed by atoms with Gasteiger partial charge in [-0.05, 0) is 24.3 Å². The second-order valence-electron chi connectivity index (χ2n) is 5.93. The monoisotopic (exact) mass is 369 g/mol. The molecule has 2 aromatic carbocycles. The highest BCUT2D eigenvalue weighted by Gasteiger charge is 2.29. The largest absolute Gasteiger partial charge is 0.493 e. The number of carbonyl (C=O) groups excluding carboxylic acids is 1. The molecule has 0 spiro atoms. The fraction of sp³-hybridized carbons (Fsp3) is 0.211. The Morgan fingerprint density at radius 2 is 1.85 bits per heavy atom. The minimum Gasteiger partial charge on any atom is -0.493 e. The predicted molar refractivity (Wildman–Crippen MR) is 101 cm³/mol. The van der Waals surface area contributed by atoms with Gasteiger partial charge in [0.15, 0.2) is 11.5 Å². The molecule has 140 valence electrons. The molecule has 1 N–H and O–H groups in total. The third kappa shape index (κ3) is 3.41. The molecule has 0 fully saturated rings. The molecule has 2 aromatic rings. The fourth-order valence-corrected chi connectivity index (χ4v) is 2.91. The molecule has 3 rings (SSSR count). The van der Waals surface area contributed by atoms with Gasteiger partial charge in [-0.1, -0.05) is 12.1 Å². The maximum atomic E-state index is 12.7. The lowest BCUT2D eigenvalue weighted by molar-refractivity contribution is -0.385. The summed E-state index contributed by atoms with van der Waals surface area (Å²) in [6.07, 6.45) is 2.87. The van der Waals surface area contributed by atoms with Gasteiger partial charge in [-0.25, -0.2) is 0 Å². The molecule has 1 atom stereocenters. The Hall–Kier alpha value is -3.55. The van der Waals surface area contributed by atoms with E-state index in [2.05, 4.69) is 5.32 Å². The molecule has 1 aliphatic heterocycles. The Morgan fingerprint density at radius 3 is 2.52 bits per heavy atom. The first kappa shape index (κ1) is 18.2. The predicted octanol–water partition coefficient (Wildman–Crippen LogP) is 3.15. The second kappa shape index (κ2) is 7.36. The Balaban J connectivity index is 1.94. The van der Waals surface area contributed by atoms with Crippen molar-refractivity contribution < 1.29 is 19.2 Å². The van der Waals surface area contributed by atoms with Gasteiger partial charge >= 0.3 is 0 Å². The van der Waals surface area contributed by atoms with Gasteiger partial charge in [0.2, 0.25) is 0 Å². The molecular weight excluding hydrogens is 350 g/mol. The quantitative estimate of drug-likeness (QED) is 0.643. The minimum absolute atomic E-state index is 0.00495. The summed E-state index contributed by atoms with van der Waals surface area (Å²) in [6.45, 7) is 0. The Bertz CT molecular complexity index is 926. The van der Waals surface area contributed by atoms with Crippen molar-refractivity contribution in [3.8, 4) is 11.5 Å². The van der Waals surface area contributed by atoms with Crippen molar-refractivity contribution in [1.82, 2.24) is 4.90 Å². The molecule has 0 saturated carbocycles. The number of nitrogens with one attached hydrogen (secondary N) is 1. The van der Waals surface area contributed by atoms with E-state index in [0.717, 1.165) is 0 Å². The van der Waals surface area contributed by atoms with E-state index in [1.54, 1.807) is 49.5 Å². The van der Waals surface area contributed by atoms with Gasteiger partial charge in [0.05, 0.1) is 36.0 Å². The Morgan fingerprint density at radius 1 is 1.19 bits per heavy atom. The number of ether oxygens (including phenoxy) is 2. The zero-order valence-electron chi connectivity index (χ0n) is 15.1. The van der Waals surface area contributed by atoms with Crippen LogP contribution in [0.2, 0.25) is 0 Å². The van der Waals surface area contributed by atoms with E-state index in [1.165, 1.54) is 25.2 Å². The lowest BCUT2D eigenvalue weighted by atomic mass is 10.1. The molecule has 1 amide bonds. The van der Waals surface area contributed by atoms with E-state index in [4.69, 9.17) is 9.47 Å². The number of carbonyl (C=O) groups is 1. The van der Waals surface area contributed by atoms with E-state index >= 15 is 0 Å². The maximum absolute atomic E-state index is 12.7. The summed E-state index contributed by atoms with van der Waals surface area (Å²) in [6, 6.07) is 9.76. The summed E-state index contributed by atoms with van der Waals surface area (Å²) in [5.74, 6) is 0.776. The summed E-state index contributed by atoms with van der Waals surface area (Å²) in [4.78, 5) is 25.0. The molecule has 27 heavy (non-hydrogen) atoms. The maximum Gasteiger partial charge on any atom is 0.276 e. The smallest absolute Gasteiger partial charge is 0.276 e. The lowest BCUT2D eigenvalue weighted by Gasteiger charge is -2.34. The number of hydrogen-bond acceptors (Lipinski definition) is 6. The van der Waals surface area contributed by atoms with Gasteiger partial charge in [-0.15, -0.1) is 0 Å². The third-order valence-corrected chi connectivity index (χ3v) is 4.39. The van der Waals surface area contributed by atoms with Crippen LogP contribution in [0.5, 0.6) is 11.5 Å². The van der Waals surface area contributed by atoms with Crippen LogP contribution >= 0.6 is 0 Å². The molecule has 0 aromatic heterocycles. The van der Waals surface area contributed by atoms with Gasteiger partial charge in [0, 0.05) is 19.2 Å². The van der Waals surface area contributed by atoms with Crippen molar-refractivity contribution >= 4 is 23.4 Å². The number of benzene rings is 2. The molecule has 1 heterocycles. The van der Waals surface area contributed by atoms with Gasteiger partial charge in [0.1, 0.15) is 6.17 Å². The number of fused-ring (bicyclic) bond motifs is 1. The summed E-state index contributed by atoms with van der Waals surface area (Å²) >= 11 is 0. The van der Waals surface area contributed by atoms with E-state index in [-0.39, 0.29) is 11.6 Å². The molecule has 0 unspecified atom stereocenters. The van der Waals surface area contributed by atoms with Crippen molar-refractivity contribution in [3.05, 3.63) is 63.7 Å². The van der Waals surface area contributed by atoms with Crippen LogP contribution in [0.15, 0.2) is 42.5 Å². The number of nitro benzene ring substituents is 1. The van der Waals surface area contributed by atoms with E-state index in [1.807, 2.05) is 0 Å². The van der Waals surface area contributed by atoms with E-state index in [9.17, 15) is 14.9 Å². The van der Waals surface area contributed by atoms with Crippen LogP contribution in [0, 0.1) is 10.1 Å². The van der Waals surface area contributed by atoms with Crippen LogP contribution < -0.4 is 14.8 Å². The summed E-state index contributed by atoms with van der Waals surface area (Å²) in [7, 11) is 4.68. The first-order valence-electron chi connectivity index (χ1n) is 8.17. The number of likely N-dealkylation sites (N-methyl/N-ethyl adjacent to an activating group) is 1. The molecule has 1 aliphatic rings. The summed E-state index contributed by atoms with van der Waals surface area (Å²) in [5, 5.41) is 14.4. The lowest BCUT2D eigenvalue weighted by Crippen LogP contribution is -2.45. The van der Waals surface area contributed by atoms with Crippen molar-refractivity contribution in [2.75, 3.05) is 26.6 Å². The van der Waals surface area contributed by atoms with Gasteiger partial charge in [-0.3, -0.25) is 14.9 Å². The minimum atomic E-state index is -0.470. The zero-order valence-corrected chi connectivity index (χ0v) is 15.1. The molecule has 0 aliphatic carbocycles.